The lowest BCUT2D eigenvalue weighted by atomic mass is 10.0. The molecule has 112 valence electrons. The topological polar surface area (TPSA) is 42.1 Å². The number of nitrogens with zero attached hydrogens (tertiary/aromatic N) is 2. The molecule has 3 nitrogen and oxygen atoms in total. The lowest BCUT2D eigenvalue weighted by Crippen LogP contribution is -2.24. The lowest BCUT2D eigenvalue weighted by molar-refractivity contribution is 0.733. The molecule has 0 bridgehead atoms. The van der Waals surface area contributed by atoms with Crippen molar-refractivity contribution in [2.45, 2.75) is 25.8 Å². The molecule has 2 rings (SSSR count). The maximum absolute atomic E-state index is 6.14. The van der Waals surface area contributed by atoms with Crippen LogP contribution in [0.5, 0.6) is 0 Å². The van der Waals surface area contributed by atoms with Gasteiger partial charge in [0.25, 0.3) is 0 Å². The van der Waals surface area contributed by atoms with Gasteiger partial charge in [-0.2, -0.15) is 0 Å². The SMILES string of the molecule is CC(N)Cc1ccc(Cl)cc1N(C)CCc1ccccn1. The standard InChI is InChI=1S/C17H22ClN3/c1-13(19)11-14-6-7-15(18)12-17(14)21(2)10-8-16-5-3-4-9-20-16/h3-7,9,12-13H,8,10-11,19H2,1-2H3. The van der Waals surface area contributed by atoms with E-state index in [-0.39, 0.29) is 6.04 Å². The molecule has 0 saturated carbocycles. The number of rotatable bonds is 6. The number of anilines is 1. The number of likely N-dealkylation sites (N-methyl/N-ethyl adjacent to an activating group) is 1. The van der Waals surface area contributed by atoms with Gasteiger partial charge in [0.15, 0.2) is 0 Å². The third kappa shape index (κ3) is 4.73. The fourth-order valence-electron chi connectivity index (χ4n) is 2.36. The molecule has 0 aliphatic rings. The van der Waals surface area contributed by atoms with Gasteiger partial charge in [-0.15, -0.1) is 0 Å². The first-order valence-electron chi connectivity index (χ1n) is 7.21. The second-order valence-corrected chi connectivity index (χ2v) is 5.88. The zero-order valence-corrected chi connectivity index (χ0v) is 13.3. The molecule has 0 aliphatic heterocycles. The highest BCUT2D eigenvalue weighted by atomic mass is 35.5. The molecule has 2 aromatic rings. The van der Waals surface area contributed by atoms with E-state index in [9.17, 15) is 0 Å². The Labute approximate surface area is 131 Å². The van der Waals surface area contributed by atoms with Crippen LogP contribution < -0.4 is 10.6 Å². The molecule has 1 heterocycles. The van der Waals surface area contributed by atoms with Crippen LogP contribution in [0.3, 0.4) is 0 Å². The number of aromatic nitrogens is 1. The Morgan fingerprint density at radius 1 is 1.29 bits per heavy atom. The summed E-state index contributed by atoms with van der Waals surface area (Å²) in [6.07, 6.45) is 3.58. The van der Waals surface area contributed by atoms with Crippen molar-refractivity contribution in [1.29, 1.82) is 0 Å². The van der Waals surface area contributed by atoms with Crippen molar-refractivity contribution in [3.63, 3.8) is 0 Å². The van der Waals surface area contributed by atoms with Crippen LogP contribution in [0.25, 0.3) is 0 Å². The Hall–Kier alpha value is -1.58. The van der Waals surface area contributed by atoms with Crippen LogP contribution >= 0.6 is 11.6 Å². The molecule has 0 spiro atoms. The summed E-state index contributed by atoms with van der Waals surface area (Å²) in [5.41, 5.74) is 9.42. The van der Waals surface area contributed by atoms with Crippen molar-refractivity contribution in [3.05, 3.63) is 58.9 Å². The molecule has 0 fully saturated rings. The van der Waals surface area contributed by atoms with Crippen molar-refractivity contribution >= 4 is 17.3 Å². The highest BCUT2D eigenvalue weighted by molar-refractivity contribution is 6.30. The van der Waals surface area contributed by atoms with E-state index in [1.165, 1.54) is 5.56 Å². The molecule has 2 N–H and O–H groups in total. The highest BCUT2D eigenvalue weighted by Crippen LogP contribution is 2.25. The predicted octanol–water partition coefficient (Wildman–Crippen LogP) is 3.30. The highest BCUT2D eigenvalue weighted by Gasteiger charge is 2.10. The molecule has 0 radical (unpaired) electrons. The quantitative estimate of drug-likeness (QED) is 0.890. The van der Waals surface area contributed by atoms with Gasteiger partial charge >= 0.3 is 0 Å². The normalized spacial score (nSPS) is 12.2. The number of nitrogens with two attached hydrogens (primary N) is 1. The molecular formula is C17H22ClN3. The van der Waals surface area contributed by atoms with Crippen LogP contribution in [0.15, 0.2) is 42.6 Å². The van der Waals surface area contributed by atoms with Gasteiger partial charge in [-0.3, -0.25) is 4.98 Å². The summed E-state index contributed by atoms with van der Waals surface area (Å²) in [5.74, 6) is 0. The molecule has 4 heteroatoms. The van der Waals surface area contributed by atoms with Gasteiger partial charge in [0, 0.05) is 48.7 Å². The minimum absolute atomic E-state index is 0.133. The fourth-order valence-corrected chi connectivity index (χ4v) is 2.53. The van der Waals surface area contributed by atoms with E-state index in [0.717, 1.165) is 35.8 Å². The molecule has 21 heavy (non-hydrogen) atoms. The van der Waals surface area contributed by atoms with Crippen molar-refractivity contribution in [2.24, 2.45) is 5.73 Å². The largest absolute Gasteiger partial charge is 0.374 e. The summed E-state index contributed by atoms with van der Waals surface area (Å²) in [4.78, 5) is 6.58. The smallest absolute Gasteiger partial charge is 0.0426 e. The molecule has 0 amide bonds. The van der Waals surface area contributed by atoms with E-state index in [2.05, 4.69) is 29.1 Å². The molecule has 0 saturated heterocycles. The number of hydrogen-bond donors (Lipinski definition) is 1. The average molecular weight is 304 g/mol. The van der Waals surface area contributed by atoms with E-state index in [1.54, 1.807) is 0 Å². The summed E-state index contributed by atoms with van der Waals surface area (Å²) in [6, 6.07) is 12.1. The Kier molecular flexibility index (Phi) is 5.59. The first-order valence-corrected chi connectivity index (χ1v) is 7.59. The van der Waals surface area contributed by atoms with Gasteiger partial charge in [0.2, 0.25) is 0 Å². The Morgan fingerprint density at radius 3 is 2.76 bits per heavy atom. The Bertz CT molecular complexity index is 570. The summed E-state index contributed by atoms with van der Waals surface area (Å²) in [5, 5.41) is 0.753. The van der Waals surface area contributed by atoms with E-state index in [0.29, 0.717) is 0 Å². The number of benzene rings is 1. The number of hydrogen-bond acceptors (Lipinski definition) is 3. The van der Waals surface area contributed by atoms with Crippen molar-refractivity contribution in [1.82, 2.24) is 4.98 Å². The van der Waals surface area contributed by atoms with E-state index in [1.807, 2.05) is 37.4 Å². The van der Waals surface area contributed by atoms with Crippen LogP contribution in [0.4, 0.5) is 5.69 Å². The van der Waals surface area contributed by atoms with Gasteiger partial charge in [-0.05, 0) is 43.2 Å². The van der Waals surface area contributed by atoms with Crippen LogP contribution in [0, 0.1) is 0 Å². The van der Waals surface area contributed by atoms with Gasteiger partial charge in [-0.1, -0.05) is 23.7 Å². The predicted molar refractivity (Wildman–Crippen MR) is 90.0 cm³/mol. The fraction of sp³-hybridized carbons (Fsp3) is 0.353. The average Bonchev–Trinajstić information content (AvgIpc) is 2.47. The molecule has 1 atom stereocenters. The molecule has 0 aliphatic carbocycles. The Balaban J connectivity index is 2.10. The van der Waals surface area contributed by atoms with Crippen LogP contribution in [0.1, 0.15) is 18.2 Å². The first kappa shape index (κ1) is 15.8. The number of halogens is 1. The third-order valence-corrected chi connectivity index (χ3v) is 3.67. The van der Waals surface area contributed by atoms with E-state index < -0.39 is 0 Å². The van der Waals surface area contributed by atoms with E-state index >= 15 is 0 Å². The van der Waals surface area contributed by atoms with Crippen LogP contribution in [-0.2, 0) is 12.8 Å². The summed E-state index contributed by atoms with van der Waals surface area (Å²) >= 11 is 6.14. The first-order chi connectivity index (χ1) is 10.1. The van der Waals surface area contributed by atoms with Crippen molar-refractivity contribution in [3.8, 4) is 0 Å². The second-order valence-electron chi connectivity index (χ2n) is 5.45. The zero-order valence-electron chi connectivity index (χ0n) is 12.6. The lowest BCUT2D eigenvalue weighted by Gasteiger charge is -2.23. The Morgan fingerprint density at radius 2 is 2.10 bits per heavy atom. The molecular weight excluding hydrogens is 282 g/mol. The van der Waals surface area contributed by atoms with Crippen LogP contribution in [0.2, 0.25) is 5.02 Å². The van der Waals surface area contributed by atoms with Gasteiger partial charge in [0.05, 0.1) is 0 Å². The van der Waals surface area contributed by atoms with Gasteiger partial charge < -0.3 is 10.6 Å². The summed E-state index contributed by atoms with van der Waals surface area (Å²) in [6.45, 7) is 2.91. The summed E-state index contributed by atoms with van der Waals surface area (Å²) in [7, 11) is 2.08. The minimum atomic E-state index is 0.133. The van der Waals surface area contributed by atoms with Crippen LogP contribution in [-0.4, -0.2) is 24.6 Å². The minimum Gasteiger partial charge on any atom is -0.374 e. The maximum Gasteiger partial charge on any atom is 0.0426 e. The molecule has 1 aromatic heterocycles. The third-order valence-electron chi connectivity index (χ3n) is 3.43. The second kappa shape index (κ2) is 7.43. The monoisotopic (exact) mass is 303 g/mol. The van der Waals surface area contributed by atoms with Gasteiger partial charge in [-0.25, -0.2) is 0 Å². The number of pyridine rings is 1. The van der Waals surface area contributed by atoms with Crippen molar-refractivity contribution < 1.29 is 0 Å². The maximum atomic E-state index is 6.14. The summed E-state index contributed by atoms with van der Waals surface area (Å²) < 4.78 is 0. The molecule has 1 unspecified atom stereocenters. The van der Waals surface area contributed by atoms with Gasteiger partial charge in [0.1, 0.15) is 0 Å². The van der Waals surface area contributed by atoms with E-state index in [4.69, 9.17) is 17.3 Å². The van der Waals surface area contributed by atoms with Crippen molar-refractivity contribution in [2.75, 3.05) is 18.5 Å². The zero-order chi connectivity index (χ0) is 15.2. The molecule has 1 aromatic carbocycles.